The van der Waals surface area contributed by atoms with Gasteiger partial charge in [-0.1, -0.05) is 6.07 Å². The van der Waals surface area contributed by atoms with E-state index in [0.29, 0.717) is 5.92 Å². The third-order valence-electron chi connectivity index (χ3n) is 4.76. The fraction of sp³-hybridized carbons (Fsp3) is 0.526. The van der Waals surface area contributed by atoms with Crippen molar-refractivity contribution in [2.75, 3.05) is 31.6 Å². The number of hydrogen-bond donors (Lipinski definition) is 0. The molecule has 3 rings (SSSR count). The second kappa shape index (κ2) is 7.71. The van der Waals surface area contributed by atoms with Crippen LogP contribution in [0.15, 0.2) is 30.7 Å². The molecule has 0 saturated carbocycles. The molecule has 5 heteroatoms. The number of anilines is 1. The second-order valence-electron chi connectivity index (χ2n) is 6.95. The number of hydrogen-bond acceptors (Lipinski definition) is 5. The Labute approximate surface area is 144 Å². The molecule has 1 fully saturated rings. The highest BCUT2D eigenvalue weighted by molar-refractivity contribution is 5.33. The first-order chi connectivity index (χ1) is 11.6. The summed E-state index contributed by atoms with van der Waals surface area (Å²) in [4.78, 5) is 18.1. The Balaban J connectivity index is 1.58. The average Bonchev–Trinajstić information content (AvgIpc) is 2.58. The van der Waals surface area contributed by atoms with E-state index in [9.17, 15) is 0 Å². The molecule has 24 heavy (non-hydrogen) atoms. The maximum absolute atomic E-state index is 4.67. The van der Waals surface area contributed by atoms with E-state index in [2.05, 4.69) is 51.7 Å². The molecule has 2 aromatic rings. The zero-order valence-electron chi connectivity index (χ0n) is 14.9. The standard InChI is InChI=1S/C19H27N5/c1-15-10-21-19(22-16(15)2)24-9-5-7-18(14-24)13-23(3)12-17-6-4-8-20-11-17/h4,6,8,10-11,18H,5,7,9,12-14H2,1-3H3/t18-/m0/s1. The molecule has 3 heterocycles. The Morgan fingerprint density at radius 2 is 2.17 bits per heavy atom. The van der Waals surface area contributed by atoms with Crippen molar-refractivity contribution >= 4 is 5.95 Å². The lowest BCUT2D eigenvalue weighted by molar-refractivity contribution is 0.247. The van der Waals surface area contributed by atoms with Crippen LogP contribution >= 0.6 is 0 Å². The summed E-state index contributed by atoms with van der Waals surface area (Å²) in [6, 6.07) is 4.14. The maximum atomic E-state index is 4.67. The number of piperidine rings is 1. The largest absolute Gasteiger partial charge is 0.340 e. The van der Waals surface area contributed by atoms with E-state index >= 15 is 0 Å². The van der Waals surface area contributed by atoms with Gasteiger partial charge in [-0.2, -0.15) is 0 Å². The molecule has 0 unspecified atom stereocenters. The van der Waals surface area contributed by atoms with Gasteiger partial charge in [0.1, 0.15) is 0 Å². The van der Waals surface area contributed by atoms with Crippen LogP contribution in [0.3, 0.4) is 0 Å². The molecule has 0 spiro atoms. The Morgan fingerprint density at radius 1 is 1.29 bits per heavy atom. The van der Waals surface area contributed by atoms with Crippen LogP contribution in [0.2, 0.25) is 0 Å². The van der Waals surface area contributed by atoms with Gasteiger partial charge in [-0.3, -0.25) is 4.98 Å². The van der Waals surface area contributed by atoms with Crippen molar-refractivity contribution in [2.24, 2.45) is 5.92 Å². The van der Waals surface area contributed by atoms with Crippen LogP contribution in [0, 0.1) is 19.8 Å². The second-order valence-corrected chi connectivity index (χ2v) is 6.95. The van der Waals surface area contributed by atoms with Crippen molar-refractivity contribution in [3.05, 3.63) is 47.5 Å². The quantitative estimate of drug-likeness (QED) is 0.846. The molecule has 5 nitrogen and oxygen atoms in total. The van der Waals surface area contributed by atoms with Crippen LogP contribution in [0.4, 0.5) is 5.95 Å². The minimum atomic E-state index is 0.658. The van der Waals surface area contributed by atoms with E-state index < -0.39 is 0 Å². The number of nitrogens with zero attached hydrogens (tertiary/aromatic N) is 5. The Kier molecular flexibility index (Phi) is 5.41. The van der Waals surface area contributed by atoms with Crippen molar-refractivity contribution < 1.29 is 0 Å². The van der Waals surface area contributed by atoms with E-state index in [1.54, 1.807) is 0 Å². The first kappa shape index (κ1) is 16.8. The molecule has 1 aliphatic rings. The lowest BCUT2D eigenvalue weighted by Crippen LogP contribution is -2.40. The smallest absolute Gasteiger partial charge is 0.225 e. The fourth-order valence-corrected chi connectivity index (χ4v) is 3.37. The van der Waals surface area contributed by atoms with Crippen LogP contribution in [0.25, 0.3) is 0 Å². The van der Waals surface area contributed by atoms with E-state index in [0.717, 1.165) is 43.4 Å². The van der Waals surface area contributed by atoms with Crippen LogP contribution in [-0.2, 0) is 6.54 Å². The topological polar surface area (TPSA) is 45.2 Å². The maximum Gasteiger partial charge on any atom is 0.225 e. The predicted octanol–water partition coefficient (Wildman–Crippen LogP) is 2.84. The highest BCUT2D eigenvalue weighted by Crippen LogP contribution is 2.22. The SMILES string of the molecule is Cc1cnc(N2CCC[C@@H](CN(C)Cc3cccnc3)C2)nc1C. The van der Waals surface area contributed by atoms with Gasteiger partial charge in [0, 0.05) is 50.5 Å². The molecule has 0 N–H and O–H groups in total. The zero-order valence-corrected chi connectivity index (χ0v) is 14.9. The van der Waals surface area contributed by atoms with Crippen molar-refractivity contribution in [3.8, 4) is 0 Å². The predicted molar refractivity (Wildman–Crippen MR) is 97.0 cm³/mol. The third kappa shape index (κ3) is 4.29. The summed E-state index contributed by atoms with van der Waals surface area (Å²) in [7, 11) is 2.19. The monoisotopic (exact) mass is 325 g/mol. The molecule has 0 amide bonds. The number of aromatic nitrogens is 3. The highest BCUT2D eigenvalue weighted by Gasteiger charge is 2.23. The Hall–Kier alpha value is -2.01. The first-order valence-electron chi connectivity index (χ1n) is 8.74. The van der Waals surface area contributed by atoms with Crippen LogP contribution in [0.1, 0.15) is 29.7 Å². The normalized spacial score (nSPS) is 18.2. The van der Waals surface area contributed by atoms with Crippen molar-refractivity contribution in [2.45, 2.75) is 33.2 Å². The average molecular weight is 325 g/mol. The Morgan fingerprint density at radius 3 is 2.92 bits per heavy atom. The van der Waals surface area contributed by atoms with Gasteiger partial charge in [-0.25, -0.2) is 9.97 Å². The summed E-state index contributed by atoms with van der Waals surface area (Å²) >= 11 is 0. The van der Waals surface area contributed by atoms with Gasteiger partial charge in [-0.05, 0) is 56.8 Å². The molecule has 1 saturated heterocycles. The molecule has 1 aliphatic heterocycles. The molecule has 1 atom stereocenters. The molecule has 2 aromatic heterocycles. The van der Waals surface area contributed by atoms with Crippen molar-refractivity contribution in [1.82, 2.24) is 19.9 Å². The summed E-state index contributed by atoms with van der Waals surface area (Å²) in [5.41, 5.74) is 3.50. The zero-order chi connectivity index (χ0) is 16.9. The molecule has 0 aliphatic carbocycles. The van der Waals surface area contributed by atoms with Crippen molar-refractivity contribution in [3.63, 3.8) is 0 Å². The molecule has 0 radical (unpaired) electrons. The van der Waals surface area contributed by atoms with Gasteiger partial charge in [0.05, 0.1) is 0 Å². The first-order valence-corrected chi connectivity index (χ1v) is 8.74. The van der Waals surface area contributed by atoms with E-state index in [1.165, 1.54) is 18.4 Å². The molecule has 128 valence electrons. The molecule has 0 aromatic carbocycles. The van der Waals surface area contributed by atoms with E-state index in [-0.39, 0.29) is 0 Å². The Bertz CT molecular complexity index is 658. The van der Waals surface area contributed by atoms with Crippen LogP contribution in [0.5, 0.6) is 0 Å². The summed E-state index contributed by atoms with van der Waals surface area (Å²) in [6.45, 7) is 8.26. The highest BCUT2D eigenvalue weighted by atomic mass is 15.3. The fourth-order valence-electron chi connectivity index (χ4n) is 3.37. The van der Waals surface area contributed by atoms with Gasteiger partial charge in [0.25, 0.3) is 0 Å². The molecular weight excluding hydrogens is 298 g/mol. The van der Waals surface area contributed by atoms with Gasteiger partial charge < -0.3 is 9.80 Å². The minimum Gasteiger partial charge on any atom is -0.340 e. The van der Waals surface area contributed by atoms with Gasteiger partial charge in [0.2, 0.25) is 5.95 Å². The van der Waals surface area contributed by atoms with Crippen molar-refractivity contribution in [1.29, 1.82) is 0 Å². The number of rotatable bonds is 5. The lowest BCUT2D eigenvalue weighted by Gasteiger charge is -2.35. The minimum absolute atomic E-state index is 0.658. The number of aryl methyl sites for hydroxylation is 2. The number of pyridine rings is 1. The summed E-state index contributed by atoms with van der Waals surface area (Å²) in [5.74, 6) is 1.54. The third-order valence-corrected chi connectivity index (χ3v) is 4.76. The summed E-state index contributed by atoms with van der Waals surface area (Å²) < 4.78 is 0. The van der Waals surface area contributed by atoms with E-state index in [4.69, 9.17) is 0 Å². The van der Waals surface area contributed by atoms with Crippen LogP contribution in [-0.4, -0.2) is 46.5 Å². The lowest BCUT2D eigenvalue weighted by atomic mass is 9.97. The van der Waals surface area contributed by atoms with Gasteiger partial charge in [-0.15, -0.1) is 0 Å². The van der Waals surface area contributed by atoms with Gasteiger partial charge in [0.15, 0.2) is 0 Å². The molecule has 0 bridgehead atoms. The summed E-state index contributed by atoms with van der Waals surface area (Å²) in [6.07, 6.45) is 8.20. The summed E-state index contributed by atoms with van der Waals surface area (Å²) in [5, 5.41) is 0. The van der Waals surface area contributed by atoms with E-state index in [1.807, 2.05) is 24.7 Å². The van der Waals surface area contributed by atoms with Gasteiger partial charge >= 0.3 is 0 Å². The molecular formula is C19H27N5. The van der Waals surface area contributed by atoms with Crippen LogP contribution < -0.4 is 4.90 Å².